The fourth-order valence-corrected chi connectivity index (χ4v) is 4.42. The molecule has 1 aromatic heterocycles. The number of anilines is 1. The molecule has 1 N–H and O–H groups in total. The second-order valence-corrected chi connectivity index (χ2v) is 8.14. The van der Waals surface area contributed by atoms with Gasteiger partial charge in [-0.05, 0) is 60.3 Å². The summed E-state index contributed by atoms with van der Waals surface area (Å²) in [5.74, 6) is -1.65. The zero-order valence-electron chi connectivity index (χ0n) is 18.0. The number of amides is 1. The van der Waals surface area contributed by atoms with Gasteiger partial charge in [-0.25, -0.2) is 4.79 Å². The van der Waals surface area contributed by atoms with Gasteiger partial charge in [0.05, 0.1) is 35.8 Å². The summed E-state index contributed by atoms with van der Waals surface area (Å²) < 4.78 is 10.3. The van der Waals surface area contributed by atoms with Crippen molar-refractivity contribution in [1.29, 1.82) is 0 Å². The maximum Gasteiger partial charge on any atom is 0.338 e. The normalized spacial score (nSPS) is 15.6. The van der Waals surface area contributed by atoms with E-state index in [-0.39, 0.29) is 12.2 Å². The molecular weight excluding hydrogens is 442 g/mol. The summed E-state index contributed by atoms with van der Waals surface area (Å²) in [7, 11) is 1.52. The number of hydrogen-bond acceptors (Lipinski definition) is 7. The van der Waals surface area contributed by atoms with E-state index in [0.717, 1.165) is 0 Å². The summed E-state index contributed by atoms with van der Waals surface area (Å²) in [6.07, 6.45) is 0. The van der Waals surface area contributed by atoms with Gasteiger partial charge in [0.15, 0.2) is 5.76 Å². The SMILES string of the molecule is CCOC(=O)c1ccc(N2C(=O)C(O)=C(C(=O)c3cccs3)C2c2cccc(OC)c2)cc1. The minimum absolute atomic E-state index is 0.00910. The van der Waals surface area contributed by atoms with E-state index in [1.807, 2.05) is 0 Å². The highest BCUT2D eigenvalue weighted by atomic mass is 32.1. The molecule has 33 heavy (non-hydrogen) atoms. The van der Waals surface area contributed by atoms with E-state index < -0.39 is 29.5 Å². The lowest BCUT2D eigenvalue weighted by atomic mass is 9.95. The van der Waals surface area contributed by atoms with Crippen LogP contribution < -0.4 is 9.64 Å². The van der Waals surface area contributed by atoms with Crippen molar-refractivity contribution < 1.29 is 29.0 Å². The molecule has 0 aliphatic carbocycles. The van der Waals surface area contributed by atoms with Crippen molar-refractivity contribution in [2.75, 3.05) is 18.6 Å². The predicted octanol–water partition coefficient (Wildman–Crippen LogP) is 4.72. The van der Waals surface area contributed by atoms with Crippen molar-refractivity contribution in [2.45, 2.75) is 13.0 Å². The highest BCUT2D eigenvalue weighted by molar-refractivity contribution is 7.12. The Bertz CT molecular complexity index is 1230. The monoisotopic (exact) mass is 463 g/mol. The van der Waals surface area contributed by atoms with E-state index in [4.69, 9.17) is 9.47 Å². The van der Waals surface area contributed by atoms with Crippen molar-refractivity contribution in [2.24, 2.45) is 0 Å². The molecule has 1 unspecified atom stereocenters. The van der Waals surface area contributed by atoms with Crippen molar-refractivity contribution in [3.63, 3.8) is 0 Å². The fraction of sp³-hybridized carbons (Fsp3) is 0.160. The number of ether oxygens (including phenoxy) is 2. The van der Waals surface area contributed by atoms with Gasteiger partial charge < -0.3 is 14.6 Å². The lowest BCUT2D eigenvalue weighted by Crippen LogP contribution is -2.31. The number of rotatable bonds is 7. The predicted molar refractivity (Wildman–Crippen MR) is 124 cm³/mol. The average molecular weight is 464 g/mol. The first-order valence-electron chi connectivity index (χ1n) is 10.2. The van der Waals surface area contributed by atoms with E-state index in [2.05, 4.69) is 0 Å². The molecule has 7 nitrogen and oxygen atoms in total. The summed E-state index contributed by atoms with van der Waals surface area (Å²) >= 11 is 1.23. The molecule has 0 saturated carbocycles. The number of Topliss-reactive ketones (excluding diaryl/α,β-unsaturated/α-hetero) is 1. The van der Waals surface area contributed by atoms with Crippen LogP contribution in [-0.4, -0.2) is 36.5 Å². The summed E-state index contributed by atoms with van der Waals surface area (Å²) in [4.78, 5) is 40.3. The standard InChI is InChI=1S/C25H21NO6S/c1-3-32-25(30)15-9-11-17(12-10-15)26-21(16-6-4-7-18(14-16)31-2)20(23(28)24(26)29)22(27)19-8-5-13-33-19/h4-14,21,28H,3H2,1-2H3. The molecule has 0 radical (unpaired) electrons. The molecule has 1 atom stereocenters. The summed E-state index contributed by atoms with van der Waals surface area (Å²) in [6.45, 7) is 1.96. The van der Waals surface area contributed by atoms with Gasteiger partial charge in [0.1, 0.15) is 5.75 Å². The number of aliphatic hydroxyl groups excluding tert-OH is 1. The third-order valence-electron chi connectivity index (χ3n) is 5.26. The Morgan fingerprint density at radius 3 is 2.48 bits per heavy atom. The minimum Gasteiger partial charge on any atom is -0.503 e. The first-order valence-corrected chi connectivity index (χ1v) is 11.1. The maximum absolute atomic E-state index is 13.3. The summed E-state index contributed by atoms with van der Waals surface area (Å²) in [5.41, 5.74) is 1.34. The first-order chi connectivity index (χ1) is 16.0. The Balaban J connectivity index is 1.81. The molecular formula is C25H21NO6S. The van der Waals surface area contributed by atoms with Gasteiger partial charge in [0.2, 0.25) is 5.78 Å². The van der Waals surface area contributed by atoms with Crippen LogP contribution in [0.15, 0.2) is 77.4 Å². The van der Waals surface area contributed by atoms with Gasteiger partial charge in [-0.15, -0.1) is 11.3 Å². The highest BCUT2D eigenvalue weighted by Gasteiger charge is 2.45. The van der Waals surface area contributed by atoms with Gasteiger partial charge in [-0.2, -0.15) is 0 Å². The quantitative estimate of drug-likeness (QED) is 0.403. The number of ketones is 1. The molecule has 0 fully saturated rings. The number of carbonyl (C=O) groups is 3. The van der Waals surface area contributed by atoms with Crippen LogP contribution in [-0.2, 0) is 9.53 Å². The van der Waals surface area contributed by atoms with Crippen molar-refractivity contribution in [3.8, 4) is 5.75 Å². The molecule has 1 aliphatic rings. The number of thiophene rings is 1. The number of nitrogens with zero attached hydrogens (tertiary/aromatic N) is 1. The van der Waals surface area contributed by atoms with Crippen LogP contribution in [0, 0.1) is 0 Å². The molecule has 1 amide bonds. The molecule has 1 aliphatic heterocycles. The fourth-order valence-electron chi connectivity index (χ4n) is 3.74. The Morgan fingerprint density at radius 2 is 1.85 bits per heavy atom. The highest BCUT2D eigenvalue weighted by Crippen LogP contribution is 2.43. The molecule has 0 spiro atoms. The molecule has 8 heteroatoms. The van der Waals surface area contributed by atoms with Crippen LogP contribution in [0.4, 0.5) is 5.69 Å². The lowest BCUT2D eigenvalue weighted by Gasteiger charge is -2.27. The molecule has 2 aromatic carbocycles. The maximum atomic E-state index is 13.3. The second kappa shape index (κ2) is 9.30. The van der Waals surface area contributed by atoms with Crippen molar-refractivity contribution >= 4 is 34.7 Å². The lowest BCUT2D eigenvalue weighted by molar-refractivity contribution is -0.117. The second-order valence-electron chi connectivity index (χ2n) is 7.19. The van der Waals surface area contributed by atoms with Crippen LogP contribution in [0.2, 0.25) is 0 Å². The largest absolute Gasteiger partial charge is 0.503 e. The topological polar surface area (TPSA) is 93.1 Å². The van der Waals surface area contributed by atoms with Crippen LogP contribution in [0.5, 0.6) is 5.75 Å². The van der Waals surface area contributed by atoms with E-state index in [1.165, 1.54) is 23.3 Å². The first kappa shape index (κ1) is 22.3. The molecule has 4 rings (SSSR count). The minimum atomic E-state index is -0.879. The number of methoxy groups -OCH3 is 1. The van der Waals surface area contributed by atoms with Crippen LogP contribution in [0.1, 0.15) is 38.6 Å². The van der Waals surface area contributed by atoms with Gasteiger partial charge in [0.25, 0.3) is 5.91 Å². The number of benzene rings is 2. The molecule has 2 heterocycles. The molecule has 0 bridgehead atoms. The van der Waals surface area contributed by atoms with Gasteiger partial charge in [-0.3, -0.25) is 14.5 Å². The van der Waals surface area contributed by atoms with Gasteiger partial charge >= 0.3 is 5.97 Å². The van der Waals surface area contributed by atoms with Crippen LogP contribution in [0.3, 0.4) is 0 Å². The Labute approximate surface area is 194 Å². The smallest absolute Gasteiger partial charge is 0.338 e. The van der Waals surface area contributed by atoms with Crippen molar-refractivity contribution in [3.05, 3.63) is 93.4 Å². The van der Waals surface area contributed by atoms with Crippen LogP contribution in [0.25, 0.3) is 0 Å². The van der Waals surface area contributed by atoms with Gasteiger partial charge in [0, 0.05) is 5.69 Å². The Kier molecular flexibility index (Phi) is 6.28. The third kappa shape index (κ3) is 4.12. The zero-order valence-corrected chi connectivity index (χ0v) is 18.8. The molecule has 168 valence electrons. The molecule has 3 aromatic rings. The summed E-state index contributed by atoms with van der Waals surface area (Å²) in [5, 5.41) is 12.6. The third-order valence-corrected chi connectivity index (χ3v) is 6.13. The Hall–Kier alpha value is -3.91. The number of aliphatic hydroxyl groups is 1. The van der Waals surface area contributed by atoms with E-state index in [1.54, 1.807) is 73.0 Å². The number of hydrogen-bond donors (Lipinski definition) is 1. The van der Waals surface area contributed by atoms with E-state index in [9.17, 15) is 19.5 Å². The summed E-state index contributed by atoms with van der Waals surface area (Å²) in [6, 6.07) is 15.8. The average Bonchev–Trinajstić information content (AvgIpc) is 3.46. The van der Waals surface area contributed by atoms with E-state index in [0.29, 0.717) is 27.4 Å². The molecule has 0 saturated heterocycles. The van der Waals surface area contributed by atoms with Crippen LogP contribution >= 0.6 is 11.3 Å². The van der Waals surface area contributed by atoms with Gasteiger partial charge in [-0.1, -0.05) is 18.2 Å². The number of esters is 1. The number of carbonyl (C=O) groups excluding carboxylic acids is 3. The Morgan fingerprint density at radius 1 is 1.09 bits per heavy atom. The van der Waals surface area contributed by atoms with Crippen molar-refractivity contribution in [1.82, 2.24) is 0 Å². The van der Waals surface area contributed by atoms with E-state index >= 15 is 0 Å². The zero-order chi connectivity index (χ0) is 23.5.